The van der Waals surface area contributed by atoms with Crippen LogP contribution in [0.3, 0.4) is 0 Å². The number of rotatable bonds is 7. The summed E-state index contributed by atoms with van der Waals surface area (Å²) in [5.41, 5.74) is 0.821. The molecule has 0 aliphatic heterocycles. The number of likely N-dealkylation sites (N-methyl/N-ethyl adjacent to an activating group) is 1. The number of hydrogen-bond donors (Lipinski definition) is 1. The van der Waals surface area contributed by atoms with Crippen LogP contribution in [0.25, 0.3) is 0 Å². The van der Waals surface area contributed by atoms with Crippen LogP contribution in [0, 0.1) is 0 Å². The van der Waals surface area contributed by atoms with Crippen LogP contribution < -0.4 is 10.1 Å². The first-order chi connectivity index (χ1) is 11.4. The van der Waals surface area contributed by atoms with E-state index in [2.05, 4.69) is 5.32 Å². The lowest BCUT2D eigenvalue weighted by atomic mass is 10.2. The number of benzene rings is 2. The van der Waals surface area contributed by atoms with Crippen molar-refractivity contribution < 1.29 is 17.9 Å². The van der Waals surface area contributed by atoms with Crippen LogP contribution in [0.1, 0.15) is 5.56 Å². The molecule has 128 valence electrons. The summed E-state index contributed by atoms with van der Waals surface area (Å²) >= 11 is 0. The maximum Gasteiger partial charge on any atom is 0.243 e. The Balaban J connectivity index is 1.97. The van der Waals surface area contributed by atoms with E-state index in [4.69, 9.17) is 4.74 Å². The molecule has 2 aromatic rings. The number of para-hydroxylation sites is 1. The van der Waals surface area contributed by atoms with Gasteiger partial charge < -0.3 is 10.1 Å². The molecule has 0 saturated heterocycles. The van der Waals surface area contributed by atoms with Gasteiger partial charge in [-0.05, 0) is 18.2 Å². The predicted molar refractivity (Wildman–Crippen MR) is 91.1 cm³/mol. The molecule has 0 aliphatic rings. The lowest BCUT2D eigenvalue weighted by Gasteiger charge is -2.17. The summed E-state index contributed by atoms with van der Waals surface area (Å²) in [5, 5.41) is 2.70. The van der Waals surface area contributed by atoms with Crippen molar-refractivity contribution in [2.24, 2.45) is 0 Å². The highest BCUT2D eigenvalue weighted by atomic mass is 32.2. The molecule has 0 bridgehead atoms. The largest absolute Gasteiger partial charge is 0.496 e. The predicted octanol–water partition coefficient (Wildman–Crippen LogP) is 1.63. The average molecular weight is 348 g/mol. The van der Waals surface area contributed by atoms with Crippen LogP contribution in [0.15, 0.2) is 59.5 Å². The average Bonchev–Trinajstić information content (AvgIpc) is 2.60. The molecule has 0 spiro atoms. The van der Waals surface area contributed by atoms with E-state index in [0.29, 0.717) is 5.75 Å². The van der Waals surface area contributed by atoms with E-state index in [1.54, 1.807) is 31.4 Å². The van der Waals surface area contributed by atoms with Crippen LogP contribution in [-0.2, 0) is 21.4 Å². The molecule has 7 heteroatoms. The number of hydrogen-bond acceptors (Lipinski definition) is 4. The maximum absolute atomic E-state index is 12.4. The van der Waals surface area contributed by atoms with E-state index >= 15 is 0 Å². The molecule has 0 fully saturated rings. The Morgan fingerprint density at radius 3 is 2.38 bits per heavy atom. The molecule has 1 N–H and O–H groups in total. The molecule has 2 rings (SSSR count). The van der Waals surface area contributed by atoms with Gasteiger partial charge in [0, 0.05) is 19.2 Å². The summed E-state index contributed by atoms with van der Waals surface area (Å²) in [4.78, 5) is 12.2. The molecule has 0 radical (unpaired) electrons. The molecular weight excluding hydrogens is 328 g/mol. The Bertz CT molecular complexity index is 791. The van der Waals surface area contributed by atoms with Crippen molar-refractivity contribution >= 4 is 15.9 Å². The van der Waals surface area contributed by atoms with Gasteiger partial charge in [0.25, 0.3) is 0 Å². The number of carbonyl (C=O) groups is 1. The Morgan fingerprint density at radius 2 is 1.71 bits per heavy atom. The van der Waals surface area contributed by atoms with Crippen molar-refractivity contribution in [3.05, 3.63) is 60.2 Å². The second-order valence-electron chi connectivity index (χ2n) is 5.16. The van der Waals surface area contributed by atoms with E-state index in [-0.39, 0.29) is 23.9 Å². The molecule has 0 aliphatic carbocycles. The van der Waals surface area contributed by atoms with E-state index in [0.717, 1.165) is 9.87 Å². The van der Waals surface area contributed by atoms with Crippen LogP contribution in [-0.4, -0.2) is 39.3 Å². The van der Waals surface area contributed by atoms with Gasteiger partial charge >= 0.3 is 0 Å². The molecule has 6 nitrogen and oxygen atoms in total. The molecular formula is C17H20N2O4S. The molecule has 0 atom stereocenters. The number of carbonyl (C=O) groups excluding carboxylic acids is 1. The fourth-order valence-corrected chi connectivity index (χ4v) is 3.31. The van der Waals surface area contributed by atoms with Gasteiger partial charge in [-0.1, -0.05) is 36.4 Å². The zero-order valence-corrected chi connectivity index (χ0v) is 14.4. The maximum atomic E-state index is 12.4. The first-order valence-electron chi connectivity index (χ1n) is 7.35. The third kappa shape index (κ3) is 4.33. The second kappa shape index (κ2) is 7.94. The Labute approximate surface area is 142 Å². The highest BCUT2D eigenvalue weighted by molar-refractivity contribution is 7.89. The van der Waals surface area contributed by atoms with E-state index < -0.39 is 10.0 Å². The fraction of sp³-hybridized carbons (Fsp3) is 0.235. The van der Waals surface area contributed by atoms with Crippen molar-refractivity contribution in [3.8, 4) is 5.75 Å². The number of amides is 1. The lowest BCUT2D eigenvalue weighted by Crippen LogP contribution is -2.38. The van der Waals surface area contributed by atoms with Gasteiger partial charge in [0.15, 0.2) is 0 Å². The van der Waals surface area contributed by atoms with Crippen molar-refractivity contribution in [2.45, 2.75) is 11.4 Å². The Hall–Kier alpha value is -2.38. The summed E-state index contributed by atoms with van der Waals surface area (Å²) in [7, 11) is -0.746. The first-order valence-corrected chi connectivity index (χ1v) is 8.79. The van der Waals surface area contributed by atoms with E-state index in [1.807, 2.05) is 18.2 Å². The van der Waals surface area contributed by atoms with E-state index in [9.17, 15) is 13.2 Å². The smallest absolute Gasteiger partial charge is 0.243 e. The highest BCUT2D eigenvalue weighted by Gasteiger charge is 2.22. The lowest BCUT2D eigenvalue weighted by molar-refractivity contribution is -0.121. The van der Waals surface area contributed by atoms with Crippen LogP contribution in [0.2, 0.25) is 0 Å². The standard InChI is InChI=1S/C17H20N2O4S/c1-19(24(21,22)15-9-4-3-5-10-15)13-17(20)18-12-14-8-6-7-11-16(14)23-2/h3-11H,12-13H2,1-2H3,(H,18,20). The summed E-state index contributed by atoms with van der Waals surface area (Å²) in [6.45, 7) is 0.00838. The Morgan fingerprint density at radius 1 is 1.08 bits per heavy atom. The zero-order valence-electron chi connectivity index (χ0n) is 13.6. The SMILES string of the molecule is COc1ccccc1CNC(=O)CN(C)S(=O)(=O)c1ccccc1. The summed E-state index contributed by atoms with van der Waals surface area (Å²) in [6, 6.07) is 15.3. The summed E-state index contributed by atoms with van der Waals surface area (Å²) in [6.07, 6.45) is 0. The first kappa shape index (κ1) is 18.0. The highest BCUT2D eigenvalue weighted by Crippen LogP contribution is 2.17. The molecule has 0 aromatic heterocycles. The van der Waals surface area contributed by atoms with Crippen LogP contribution in [0.5, 0.6) is 5.75 Å². The molecule has 0 saturated carbocycles. The van der Waals surface area contributed by atoms with Gasteiger partial charge in [-0.2, -0.15) is 4.31 Å². The van der Waals surface area contributed by atoms with Gasteiger partial charge in [0.1, 0.15) is 5.75 Å². The monoisotopic (exact) mass is 348 g/mol. The number of ether oxygens (including phenoxy) is 1. The molecule has 24 heavy (non-hydrogen) atoms. The number of methoxy groups -OCH3 is 1. The summed E-state index contributed by atoms with van der Waals surface area (Å²) in [5.74, 6) is 0.283. The minimum absolute atomic E-state index is 0.157. The molecule has 2 aromatic carbocycles. The topological polar surface area (TPSA) is 75.7 Å². The quantitative estimate of drug-likeness (QED) is 0.825. The molecule has 0 unspecified atom stereocenters. The third-order valence-corrected chi connectivity index (χ3v) is 5.30. The molecule has 0 heterocycles. The normalized spacial score (nSPS) is 11.3. The van der Waals surface area contributed by atoms with Gasteiger partial charge in [-0.3, -0.25) is 4.79 Å². The molecule has 1 amide bonds. The van der Waals surface area contributed by atoms with Crippen LogP contribution in [0.4, 0.5) is 0 Å². The second-order valence-corrected chi connectivity index (χ2v) is 7.21. The number of nitrogens with one attached hydrogen (secondary N) is 1. The Kier molecular flexibility index (Phi) is 5.94. The number of sulfonamides is 1. The van der Waals surface area contributed by atoms with Crippen molar-refractivity contribution in [1.82, 2.24) is 9.62 Å². The van der Waals surface area contributed by atoms with E-state index in [1.165, 1.54) is 19.2 Å². The zero-order chi connectivity index (χ0) is 17.6. The van der Waals surface area contributed by atoms with Gasteiger partial charge in [0.2, 0.25) is 15.9 Å². The minimum Gasteiger partial charge on any atom is -0.496 e. The van der Waals surface area contributed by atoms with Crippen molar-refractivity contribution in [1.29, 1.82) is 0 Å². The van der Waals surface area contributed by atoms with Crippen LogP contribution >= 0.6 is 0 Å². The van der Waals surface area contributed by atoms with Gasteiger partial charge in [0.05, 0.1) is 18.6 Å². The number of nitrogens with zero attached hydrogens (tertiary/aromatic N) is 1. The summed E-state index contributed by atoms with van der Waals surface area (Å²) < 4.78 is 31.0. The van der Waals surface area contributed by atoms with Gasteiger partial charge in [-0.15, -0.1) is 0 Å². The van der Waals surface area contributed by atoms with Crippen molar-refractivity contribution in [3.63, 3.8) is 0 Å². The minimum atomic E-state index is -3.68. The van der Waals surface area contributed by atoms with Gasteiger partial charge in [-0.25, -0.2) is 8.42 Å². The van der Waals surface area contributed by atoms with Crippen molar-refractivity contribution in [2.75, 3.05) is 20.7 Å². The fourth-order valence-electron chi connectivity index (χ4n) is 2.16. The third-order valence-electron chi connectivity index (χ3n) is 3.49.